The predicted molar refractivity (Wildman–Crippen MR) is 113 cm³/mol. The Hall–Kier alpha value is -3.15. The Balaban J connectivity index is 1.34. The maximum Gasteiger partial charge on any atom is 0.230 e. The van der Waals surface area contributed by atoms with Gasteiger partial charge in [0.05, 0.1) is 23.8 Å². The van der Waals surface area contributed by atoms with Gasteiger partial charge in [-0.2, -0.15) is 5.10 Å². The van der Waals surface area contributed by atoms with Crippen molar-refractivity contribution in [2.24, 2.45) is 5.92 Å². The van der Waals surface area contributed by atoms with E-state index in [9.17, 15) is 9.59 Å². The summed E-state index contributed by atoms with van der Waals surface area (Å²) in [6, 6.07) is 16.2. The second-order valence-corrected chi connectivity index (χ2v) is 7.99. The summed E-state index contributed by atoms with van der Waals surface area (Å²) in [5, 5.41) is 9.56. The molecule has 6 nitrogen and oxygen atoms in total. The summed E-state index contributed by atoms with van der Waals surface area (Å²) in [4.78, 5) is 27.4. The monoisotopic (exact) mass is 388 g/mol. The highest BCUT2D eigenvalue weighted by Crippen LogP contribution is 2.33. The van der Waals surface area contributed by atoms with Crippen LogP contribution in [0.15, 0.2) is 54.7 Å². The molecule has 1 saturated carbocycles. The Morgan fingerprint density at radius 2 is 1.83 bits per heavy atom. The highest BCUT2D eigenvalue weighted by atomic mass is 16.2. The Labute approximate surface area is 169 Å². The van der Waals surface area contributed by atoms with Crippen molar-refractivity contribution in [2.75, 3.05) is 16.8 Å². The molecular weight excluding hydrogens is 364 g/mol. The van der Waals surface area contributed by atoms with Crippen molar-refractivity contribution >= 4 is 34.1 Å². The molecule has 6 heteroatoms. The quantitative estimate of drug-likeness (QED) is 0.730. The van der Waals surface area contributed by atoms with Crippen LogP contribution in [0.5, 0.6) is 0 Å². The lowest BCUT2D eigenvalue weighted by molar-refractivity contribution is -0.122. The van der Waals surface area contributed by atoms with Gasteiger partial charge in [-0.3, -0.25) is 9.59 Å². The molecule has 2 fully saturated rings. The summed E-state index contributed by atoms with van der Waals surface area (Å²) in [5.41, 5.74) is 0.874. The standard InChI is InChI=1S/C23H24N4O2/c28-22-14-17(15-26(22)20-11-5-7-16-6-1-4-10-19(16)20)23(29)25-21-12-13-24-27(21)18-8-2-3-9-18/h1,4-7,10-13,17-18H,2-3,8-9,14-15H2,(H,25,29)/t17-/m1/s1. The number of nitrogens with one attached hydrogen (secondary N) is 1. The van der Waals surface area contributed by atoms with Crippen LogP contribution in [0.4, 0.5) is 11.5 Å². The second-order valence-electron chi connectivity index (χ2n) is 7.99. The average Bonchev–Trinajstić information content (AvgIpc) is 3.48. The summed E-state index contributed by atoms with van der Waals surface area (Å²) in [5.74, 6) is 0.248. The van der Waals surface area contributed by atoms with Gasteiger partial charge in [-0.1, -0.05) is 49.2 Å². The fourth-order valence-electron chi connectivity index (χ4n) is 4.64. The van der Waals surface area contributed by atoms with Crippen LogP contribution in [0.2, 0.25) is 0 Å². The Kier molecular flexibility index (Phi) is 4.54. The van der Waals surface area contributed by atoms with Crippen LogP contribution in [0.25, 0.3) is 10.8 Å². The van der Waals surface area contributed by atoms with Crippen molar-refractivity contribution in [3.05, 3.63) is 54.7 Å². The number of benzene rings is 2. The molecule has 0 unspecified atom stereocenters. The molecule has 148 valence electrons. The third-order valence-corrected chi connectivity index (χ3v) is 6.15. The predicted octanol–water partition coefficient (Wildman–Crippen LogP) is 4.14. The summed E-state index contributed by atoms with van der Waals surface area (Å²) in [7, 11) is 0. The van der Waals surface area contributed by atoms with Crippen LogP contribution >= 0.6 is 0 Å². The molecule has 29 heavy (non-hydrogen) atoms. The zero-order valence-corrected chi connectivity index (χ0v) is 16.3. The van der Waals surface area contributed by atoms with Gasteiger partial charge in [0.1, 0.15) is 5.82 Å². The van der Waals surface area contributed by atoms with Crippen molar-refractivity contribution in [3.63, 3.8) is 0 Å². The van der Waals surface area contributed by atoms with Crippen LogP contribution in [0.1, 0.15) is 38.1 Å². The molecule has 1 saturated heterocycles. The summed E-state index contributed by atoms with van der Waals surface area (Å²) >= 11 is 0. The number of fused-ring (bicyclic) bond motifs is 1. The first-order valence-corrected chi connectivity index (χ1v) is 10.3. The lowest BCUT2D eigenvalue weighted by Gasteiger charge is -2.19. The largest absolute Gasteiger partial charge is 0.311 e. The summed E-state index contributed by atoms with van der Waals surface area (Å²) in [6.07, 6.45) is 6.56. The number of aromatic nitrogens is 2. The minimum absolute atomic E-state index is 0.00852. The molecule has 3 aromatic rings. The average molecular weight is 388 g/mol. The number of hydrogen-bond acceptors (Lipinski definition) is 3. The molecule has 0 bridgehead atoms. The number of carbonyl (C=O) groups excluding carboxylic acids is 2. The number of carbonyl (C=O) groups is 2. The van der Waals surface area contributed by atoms with Crippen LogP contribution in [0.3, 0.4) is 0 Å². The number of hydrogen-bond donors (Lipinski definition) is 1. The van der Waals surface area contributed by atoms with Gasteiger partial charge in [0.2, 0.25) is 11.8 Å². The topological polar surface area (TPSA) is 67.2 Å². The number of rotatable bonds is 4. The molecule has 1 aliphatic carbocycles. The molecule has 0 radical (unpaired) electrons. The van der Waals surface area contributed by atoms with E-state index in [0.29, 0.717) is 12.6 Å². The highest BCUT2D eigenvalue weighted by molar-refractivity contribution is 6.08. The van der Waals surface area contributed by atoms with Gasteiger partial charge in [-0.25, -0.2) is 4.68 Å². The van der Waals surface area contributed by atoms with Crippen LogP contribution < -0.4 is 10.2 Å². The Bertz CT molecular complexity index is 1060. The molecule has 5 rings (SSSR count). The van der Waals surface area contributed by atoms with E-state index in [2.05, 4.69) is 10.4 Å². The summed E-state index contributed by atoms with van der Waals surface area (Å²) < 4.78 is 1.93. The Morgan fingerprint density at radius 1 is 1.03 bits per heavy atom. The second kappa shape index (κ2) is 7.35. The Morgan fingerprint density at radius 3 is 2.69 bits per heavy atom. The third-order valence-electron chi connectivity index (χ3n) is 6.15. The highest BCUT2D eigenvalue weighted by Gasteiger charge is 2.36. The lowest BCUT2D eigenvalue weighted by Crippen LogP contribution is -2.29. The van der Waals surface area contributed by atoms with Gasteiger partial charge in [-0.05, 0) is 24.3 Å². The first-order chi connectivity index (χ1) is 14.2. The molecule has 2 aromatic carbocycles. The van der Waals surface area contributed by atoms with Crippen LogP contribution in [0, 0.1) is 5.92 Å². The third kappa shape index (κ3) is 3.28. The first kappa shape index (κ1) is 17.9. The van der Waals surface area contributed by atoms with E-state index in [-0.39, 0.29) is 24.2 Å². The maximum atomic E-state index is 12.9. The van der Waals surface area contributed by atoms with Crippen LogP contribution in [-0.2, 0) is 9.59 Å². The minimum Gasteiger partial charge on any atom is -0.311 e. The smallest absolute Gasteiger partial charge is 0.230 e. The molecule has 1 atom stereocenters. The van der Waals surface area contributed by atoms with E-state index in [0.717, 1.165) is 35.1 Å². The van der Waals surface area contributed by atoms with Crippen molar-refractivity contribution in [3.8, 4) is 0 Å². The number of amides is 2. The fraction of sp³-hybridized carbons (Fsp3) is 0.348. The van der Waals surface area contributed by atoms with Gasteiger partial charge in [0.15, 0.2) is 0 Å². The minimum atomic E-state index is -0.367. The zero-order chi connectivity index (χ0) is 19.8. The van der Waals surface area contributed by atoms with Crippen LogP contribution in [-0.4, -0.2) is 28.1 Å². The molecule has 1 aliphatic heterocycles. The SMILES string of the molecule is O=C(Nc1ccnn1C1CCCC1)[C@@H]1CC(=O)N(c2cccc3ccccc23)C1. The van der Waals surface area contributed by atoms with E-state index in [1.165, 1.54) is 12.8 Å². The summed E-state index contributed by atoms with van der Waals surface area (Å²) in [6.45, 7) is 0.399. The number of nitrogens with zero attached hydrogens (tertiary/aromatic N) is 3. The fourth-order valence-corrected chi connectivity index (χ4v) is 4.64. The normalized spacial score (nSPS) is 19.9. The first-order valence-electron chi connectivity index (χ1n) is 10.3. The molecule has 2 aliphatic rings. The maximum absolute atomic E-state index is 12.9. The molecule has 1 aromatic heterocycles. The van der Waals surface area contributed by atoms with Gasteiger partial charge in [0, 0.05) is 24.4 Å². The van der Waals surface area contributed by atoms with Gasteiger partial charge in [-0.15, -0.1) is 0 Å². The van der Waals surface area contributed by atoms with Gasteiger partial charge >= 0.3 is 0 Å². The zero-order valence-electron chi connectivity index (χ0n) is 16.3. The van der Waals surface area contributed by atoms with Crippen molar-refractivity contribution in [1.29, 1.82) is 0 Å². The molecule has 2 amide bonds. The van der Waals surface area contributed by atoms with Crippen molar-refractivity contribution in [1.82, 2.24) is 9.78 Å². The van der Waals surface area contributed by atoms with E-state index >= 15 is 0 Å². The molecule has 1 N–H and O–H groups in total. The van der Waals surface area contributed by atoms with E-state index in [1.807, 2.05) is 53.2 Å². The van der Waals surface area contributed by atoms with E-state index in [1.54, 1.807) is 11.1 Å². The van der Waals surface area contributed by atoms with Gasteiger partial charge < -0.3 is 10.2 Å². The van der Waals surface area contributed by atoms with E-state index in [4.69, 9.17) is 0 Å². The van der Waals surface area contributed by atoms with Gasteiger partial charge in [0.25, 0.3) is 0 Å². The molecule has 0 spiro atoms. The van der Waals surface area contributed by atoms with Crippen molar-refractivity contribution in [2.45, 2.75) is 38.1 Å². The molecular formula is C23H24N4O2. The number of anilines is 2. The van der Waals surface area contributed by atoms with Crippen molar-refractivity contribution < 1.29 is 9.59 Å². The van der Waals surface area contributed by atoms with E-state index < -0.39 is 0 Å². The lowest BCUT2D eigenvalue weighted by atomic mass is 10.1. The molecule has 2 heterocycles.